The van der Waals surface area contributed by atoms with Crippen LogP contribution in [0.2, 0.25) is 0 Å². The van der Waals surface area contributed by atoms with Crippen LogP contribution in [0.15, 0.2) is 6.20 Å². The molecule has 0 aromatic carbocycles. The summed E-state index contributed by atoms with van der Waals surface area (Å²) >= 11 is 0. The van der Waals surface area contributed by atoms with Gasteiger partial charge in [0.25, 0.3) is 5.91 Å². The minimum absolute atomic E-state index is 0.158. The second kappa shape index (κ2) is 5.29. The van der Waals surface area contributed by atoms with Gasteiger partial charge in [-0.25, -0.2) is 4.98 Å². The van der Waals surface area contributed by atoms with Crippen molar-refractivity contribution in [3.8, 4) is 0 Å². The average Bonchev–Trinajstić information content (AvgIpc) is 2.57. The number of aromatic nitrogens is 2. The number of nitrogens with one attached hydrogen (secondary N) is 1. The van der Waals surface area contributed by atoms with Gasteiger partial charge in [-0.05, 0) is 6.92 Å². The topological polar surface area (TPSA) is 73.2 Å². The van der Waals surface area contributed by atoms with Gasteiger partial charge in [-0.15, -0.1) is 0 Å². The zero-order valence-corrected chi connectivity index (χ0v) is 9.61. The molecule has 6 nitrogen and oxygen atoms in total. The number of amides is 1. The first-order valence-corrected chi connectivity index (χ1v) is 4.89. The van der Waals surface area contributed by atoms with Crippen molar-refractivity contribution >= 4 is 11.9 Å². The van der Waals surface area contributed by atoms with Gasteiger partial charge in [0.05, 0.1) is 19.2 Å². The molecule has 0 saturated carbocycles. The summed E-state index contributed by atoms with van der Waals surface area (Å²) in [6.45, 7) is 2.06. The van der Waals surface area contributed by atoms with Gasteiger partial charge in [0.15, 0.2) is 5.82 Å². The molecule has 1 heterocycles. The number of carbonyl (C=O) groups is 2. The number of hydrogen-bond acceptors (Lipinski definition) is 4. The molecule has 1 aromatic heterocycles. The molecule has 0 aliphatic heterocycles. The fourth-order valence-electron chi connectivity index (χ4n) is 1.29. The van der Waals surface area contributed by atoms with Crippen molar-refractivity contribution in [1.82, 2.24) is 14.9 Å². The van der Waals surface area contributed by atoms with Gasteiger partial charge in [-0.1, -0.05) is 0 Å². The lowest BCUT2D eigenvalue weighted by atomic mass is 10.4. The summed E-state index contributed by atoms with van der Waals surface area (Å²) in [5.41, 5.74) is 0.778. The summed E-state index contributed by atoms with van der Waals surface area (Å²) in [7, 11) is 3.06. The van der Waals surface area contributed by atoms with Crippen molar-refractivity contribution < 1.29 is 14.3 Å². The van der Waals surface area contributed by atoms with Crippen molar-refractivity contribution in [2.75, 3.05) is 13.7 Å². The number of hydrogen-bond donors (Lipinski definition) is 1. The molecule has 0 fully saturated rings. The van der Waals surface area contributed by atoms with Crippen molar-refractivity contribution in [2.24, 2.45) is 7.05 Å². The van der Waals surface area contributed by atoms with E-state index < -0.39 is 0 Å². The van der Waals surface area contributed by atoms with E-state index in [9.17, 15) is 9.59 Å². The van der Waals surface area contributed by atoms with Gasteiger partial charge in [0.2, 0.25) is 0 Å². The van der Waals surface area contributed by atoms with Gasteiger partial charge < -0.3 is 14.6 Å². The minimum atomic E-state index is -0.351. The monoisotopic (exact) mass is 225 g/mol. The first-order valence-electron chi connectivity index (χ1n) is 4.89. The summed E-state index contributed by atoms with van der Waals surface area (Å²) in [4.78, 5) is 26.5. The van der Waals surface area contributed by atoms with Crippen LogP contribution in [-0.2, 0) is 16.6 Å². The number of methoxy groups -OCH3 is 1. The van der Waals surface area contributed by atoms with Crippen LogP contribution < -0.4 is 5.32 Å². The molecule has 0 bridgehead atoms. The highest BCUT2D eigenvalue weighted by molar-refractivity contribution is 5.91. The molecular formula is C10H15N3O3. The van der Waals surface area contributed by atoms with E-state index in [4.69, 9.17) is 0 Å². The quantitative estimate of drug-likeness (QED) is 0.733. The molecule has 0 saturated heterocycles. The molecule has 88 valence electrons. The molecular weight excluding hydrogens is 210 g/mol. The normalized spacial score (nSPS) is 9.94. The van der Waals surface area contributed by atoms with E-state index in [0.29, 0.717) is 5.82 Å². The van der Waals surface area contributed by atoms with Gasteiger partial charge >= 0.3 is 5.97 Å². The van der Waals surface area contributed by atoms with Crippen LogP contribution in [0.5, 0.6) is 0 Å². The van der Waals surface area contributed by atoms with Crippen molar-refractivity contribution in [1.29, 1.82) is 0 Å². The number of ether oxygens (including phenoxy) is 1. The summed E-state index contributed by atoms with van der Waals surface area (Å²) in [6.07, 6.45) is 1.92. The first kappa shape index (κ1) is 12.2. The Morgan fingerprint density at radius 2 is 2.25 bits per heavy atom. The molecule has 0 unspecified atom stereocenters. The number of carbonyl (C=O) groups excluding carboxylic acids is 2. The molecule has 1 aromatic rings. The highest BCUT2D eigenvalue weighted by Crippen LogP contribution is 1.99. The SMILES string of the molecule is COC(=O)CCNC(=O)c1nc(C)cn1C. The Bertz CT molecular complexity index is 398. The second-order valence-corrected chi connectivity index (χ2v) is 3.40. The summed E-state index contributed by atoms with van der Waals surface area (Å²) in [6, 6.07) is 0. The number of imidazole rings is 1. The smallest absolute Gasteiger partial charge is 0.307 e. The van der Waals surface area contributed by atoms with E-state index in [1.165, 1.54) is 7.11 Å². The molecule has 6 heteroatoms. The fourth-order valence-corrected chi connectivity index (χ4v) is 1.29. The molecule has 0 aliphatic rings. The standard InChI is InChI=1S/C10H15N3O3/c1-7-6-13(2)9(12-7)10(15)11-5-4-8(14)16-3/h6H,4-5H2,1-3H3,(H,11,15). The highest BCUT2D eigenvalue weighted by atomic mass is 16.5. The van der Waals surface area contributed by atoms with E-state index in [1.54, 1.807) is 17.8 Å². The van der Waals surface area contributed by atoms with Crippen LogP contribution in [0.1, 0.15) is 22.7 Å². The third kappa shape index (κ3) is 3.08. The van der Waals surface area contributed by atoms with Crippen LogP contribution in [-0.4, -0.2) is 35.1 Å². The van der Waals surface area contributed by atoms with Crippen molar-refractivity contribution in [3.05, 3.63) is 17.7 Å². The van der Waals surface area contributed by atoms with Crippen LogP contribution in [0.4, 0.5) is 0 Å². The zero-order valence-electron chi connectivity index (χ0n) is 9.61. The fraction of sp³-hybridized carbons (Fsp3) is 0.500. The van der Waals surface area contributed by atoms with Crippen LogP contribution >= 0.6 is 0 Å². The lowest BCUT2D eigenvalue weighted by Gasteiger charge is -2.03. The third-order valence-electron chi connectivity index (χ3n) is 2.04. The molecule has 0 radical (unpaired) electrons. The molecule has 1 N–H and O–H groups in total. The molecule has 0 spiro atoms. The van der Waals surface area contributed by atoms with Gasteiger partial charge in [-0.3, -0.25) is 9.59 Å². The summed E-state index contributed by atoms with van der Waals surface area (Å²) in [5.74, 6) is -0.307. The van der Waals surface area contributed by atoms with E-state index in [2.05, 4.69) is 15.0 Å². The number of esters is 1. The maximum atomic E-state index is 11.6. The molecule has 0 aliphatic carbocycles. The largest absolute Gasteiger partial charge is 0.469 e. The molecule has 0 atom stereocenters. The van der Waals surface area contributed by atoms with Crippen LogP contribution in [0.25, 0.3) is 0 Å². The Morgan fingerprint density at radius 3 is 2.75 bits per heavy atom. The van der Waals surface area contributed by atoms with Gasteiger partial charge in [-0.2, -0.15) is 0 Å². The lowest BCUT2D eigenvalue weighted by Crippen LogP contribution is -2.28. The Hall–Kier alpha value is -1.85. The minimum Gasteiger partial charge on any atom is -0.469 e. The van der Waals surface area contributed by atoms with E-state index >= 15 is 0 Å². The van der Waals surface area contributed by atoms with Crippen molar-refractivity contribution in [2.45, 2.75) is 13.3 Å². The number of aryl methyl sites for hydroxylation is 2. The Kier molecular flexibility index (Phi) is 4.04. The van der Waals surface area contributed by atoms with E-state index in [-0.39, 0.29) is 24.8 Å². The maximum absolute atomic E-state index is 11.6. The molecule has 1 rings (SSSR count). The third-order valence-corrected chi connectivity index (χ3v) is 2.04. The molecule has 1 amide bonds. The summed E-state index contributed by atoms with van der Waals surface area (Å²) < 4.78 is 6.10. The summed E-state index contributed by atoms with van der Waals surface area (Å²) in [5, 5.41) is 2.60. The number of nitrogens with zero attached hydrogens (tertiary/aromatic N) is 2. The lowest BCUT2D eigenvalue weighted by molar-refractivity contribution is -0.140. The van der Waals surface area contributed by atoms with Gasteiger partial charge in [0.1, 0.15) is 0 Å². The van der Waals surface area contributed by atoms with Crippen LogP contribution in [0, 0.1) is 6.92 Å². The Labute approximate surface area is 93.6 Å². The zero-order chi connectivity index (χ0) is 12.1. The predicted octanol–water partition coefficient (Wildman–Crippen LogP) is 0.0214. The van der Waals surface area contributed by atoms with Gasteiger partial charge in [0, 0.05) is 19.8 Å². The molecule has 16 heavy (non-hydrogen) atoms. The predicted molar refractivity (Wildman–Crippen MR) is 56.9 cm³/mol. The first-order chi connectivity index (χ1) is 7.54. The Morgan fingerprint density at radius 1 is 1.56 bits per heavy atom. The maximum Gasteiger partial charge on any atom is 0.307 e. The average molecular weight is 225 g/mol. The van der Waals surface area contributed by atoms with Crippen molar-refractivity contribution in [3.63, 3.8) is 0 Å². The van der Waals surface area contributed by atoms with E-state index in [1.807, 2.05) is 6.92 Å². The van der Waals surface area contributed by atoms with E-state index in [0.717, 1.165) is 5.69 Å². The number of rotatable bonds is 4. The second-order valence-electron chi connectivity index (χ2n) is 3.40. The highest BCUT2D eigenvalue weighted by Gasteiger charge is 2.12. The van der Waals surface area contributed by atoms with Crippen LogP contribution in [0.3, 0.4) is 0 Å². The Balaban J connectivity index is 2.47.